The minimum Gasteiger partial charge on any atom is -0.611 e. The summed E-state index contributed by atoms with van der Waals surface area (Å²) < 4.78 is 12.6. The molecule has 8 nitrogen and oxygen atoms in total. The SMILES string of the molecule is O=C1CCCN1CC(=O)N1CCC[C@H]1C(=O)N1CCC[C@H]1C(O)C[S+]([O-])c1ccccc1. The van der Waals surface area contributed by atoms with Crippen LogP contribution in [0, 0.1) is 0 Å². The fraction of sp³-hybridized carbons (Fsp3) is 0.609. The van der Waals surface area contributed by atoms with Crippen LogP contribution < -0.4 is 0 Å². The third-order valence-corrected chi connectivity index (χ3v) is 8.15. The van der Waals surface area contributed by atoms with Gasteiger partial charge in [0.05, 0.1) is 12.6 Å². The molecule has 4 atom stereocenters. The quantitative estimate of drug-likeness (QED) is 0.604. The van der Waals surface area contributed by atoms with E-state index >= 15 is 0 Å². The lowest BCUT2D eigenvalue weighted by Gasteiger charge is -2.34. The lowest BCUT2D eigenvalue weighted by atomic mass is 10.1. The van der Waals surface area contributed by atoms with Crippen molar-refractivity contribution in [1.29, 1.82) is 0 Å². The Kier molecular flexibility index (Phi) is 7.37. The Labute approximate surface area is 191 Å². The van der Waals surface area contributed by atoms with E-state index in [1.165, 1.54) is 0 Å². The molecule has 4 rings (SSSR count). The first-order valence-electron chi connectivity index (χ1n) is 11.4. The van der Waals surface area contributed by atoms with Gasteiger partial charge in [-0.3, -0.25) is 14.4 Å². The lowest BCUT2D eigenvalue weighted by molar-refractivity contribution is -0.147. The predicted molar refractivity (Wildman–Crippen MR) is 119 cm³/mol. The summed E-state index contributed by atoms with van der Waals surface area (Å²) in [7, 11) is 0. The van der Waals surface area contributed by atoms with Gasteiger partial charge < -0.3 is 24.4 Å². The van der Waals surface area contributed by atoms with Crippen LogP contribution in [0.25, 0.3) is 0 Å². The normalized spacial score (nSPS) is 25.4. The topological polar surface area (TPSA) is 104 Å². The van der Waals surface area contributed by atoms with Crippen molar-refractivity contribution in [3.05, 3.63) is 30.3 Å². The molecule has 0 radical (unpaired) electrons. The van der Waals surface area contributed by atoms with Gasteiger partial charge in [-0.05, 0) is 55.4 Å². The second-order valence-electron chi connectivity index (χ2n) is 8.80. The molecule has 0 spiro atoms. The van der Waals surface area contributed by atoms with Crippen LogP contribution in [0.1, 0.15) is 38.5 Å². The highest BCUT2D eigenvalue weighted by Gasteiger charge is 2.43. The summed E-state index contributed by atoms with van der Waals surface area (Å²) in [6, 6.07) is 8.07. The zero-order chi connectivity index (χ0) is 22.7. The van der Waals surface area contributed by atoms with E-state index < -0.39 is 29.4 Å². The molecule has 3 fully saturated rings. The van der Waals surface area contributed by atoms with Crippen molar-refractivity contribution in [2.45, 2.75) is 61.6 Å². The summed E-state index contributed by atoms with van der Waals surface area (Å²) >= 11 is -1.35. The smallest absolute Gasteiger partial charge is 0.245 e. The zero-order valence-corrected chi connectivity index (χ0v) is 19.0. The molecule has 32 heavy (non-hydrogen) atoms. The summed E-state index contributed by atoms with van der Waals surface area (Å²) in [4.78, 5) is 43.7. The first-order chi connectivity index (χ1) is 15.5. The molecule has 2 unspecified atom stereocenters. The van der Waals surface area contributed by atoms with Crippen LogP contribution in [0.5, 0.6) is 0 Å². The van der Waals surface area contributed by atoms with E-state index in [4.69, 9.17) is 0 Å². The standard InChI is InChI=1S/C23H31N3O5S/c27-20(16-32(31)17-7-2-1-3-8-17)18-9-4-14-26(18)23(30)19-10-5-13-25(19)22(29)15-24-12-6-11-21(24)28/h1-3,7-8,18-20,27H,4-6,9-16H2/t18-,19-,20?,32?/m0/s1. The number of amides is 3. The van der Waals surface area contributed by atoms with E-state index in [0.717, 1.165) is 19.3 Å². The summed E-state index contributed by atoms with van der Waals surface area (Å²) in [5, 5.41) is 10.8. The Hall–Kier alpha value is -2.10. The van der Waals surface area contributed by atoms with Gasteiger partial charge in [0.1, 0.15) is 17.9 Å². The minimum absolute atomic E-state index is 0.00503. The molecule has 174 valence electrons. The van der Waals surface area contributed by atoms with Gasteiger partial charge in [0.15, 0.2) is 4.90 Å². The van der Waals surface area contributed by atoms with Crippen molar-refractivity contribution in [2.75, 3.05) is 31.9 Å². The first kappa shape index (κ1) is 23.1. The van der Waals surface area contributed by atoms with Crippen LogP contribution in [0.4, 0.5) is 0 Å². The third-order valence-electron chi connectivity index (χ3n) is 6.71. The van der Waals surface area contributed by atoms with Crippen LogP contribution in [-0.2, 0) is 25.6 Å². The van der Waals surface area contributed by atoms with E-state index in [1.807, 2.05) is 18.2 Å². The minimum atomic E-state index is -1.35. The number of likely N-dealkylation sites (tertiary alicyclic amines) is 3. The molecular formula is C23H31N3O5S. The van der Waals surface area contributed by atoms with Crippen molar-refractivity contribution in [1.82, 2.24) is 14.7 Å². The van der Waals surface area contributed by atoms with Gasteiger partial charge in [0, 0.05) is 26.1 Å². The van der Waals surface area contributed by atoms with Gasteiger partial charge in [-0.1, -0.05) is 18.2 Å². The Bertz CT molecular complexity index is 838. The molecule has 9 heteroatoms. The number of aliphatic hydroxyl groups excluding tert-OH is 1. The van der Waals surface area contributed by atoms with Crippen molar-refractivity contribution in [3.8, 4) is 0 Å². The summed E-state index contributed by atoms with van der Waals surface area (Å²) in [5.41, 5.74) is 0. The molecule has 1 aromatic rings. The maximum absolute atomic E-state index is 13.4. The van der Waals surface area contributed by atoms with Gasteiger partial charge in [0.25, 0.3) is 0 Å². The van der Waals surface area contributed by atoms with Crippen molar-refractivity contribution >= 4 is 28.9 Å². The van der Waals surface area contributed by atoms with Gasteiger partial charge in [-0.2, -0.15) is 0 Å². The molecular weight excluding hydrogens is 430 g/mol. The number of rotatable bonds is 7. The molecule has 0 aliphatic carbocycles. The molecule has 0 saturated carbocycles. The summed E-state index contributed by atoms with van der Waals surface area (Å²) in [5.74, 6) is -0.258. The molecule has 0 bridgehead atoms. The van der Waals surface area contributed by atoms with E-state index in [2.05, 4.69) is 0 Å². The van der Waals surface area contributed by atoms with Crippen LogP contribution in [0.3, 0.4) is 0 Å². The Morgan fingerprint density at radius 1 is 1.06 bits per heavy atom. The maximum Gasteiger partial charge on any atom is 0.245 e. The highest BCUT2D eigenvalue weighted by Crippen LogP contribution is 2.28. The van der Waals surface area contributed by atoms with Crippen molar-refractivity contribution < 1.29 is 24.0 Å². The summed E-state index contributed by atoms with van der Waals surface area (Å²) in [6.45, 7) is 1.67. The monoisotopic (exact) mass is 461 g/mol. The highest BCUT2D eigenvalue weighted by molar-refractivity contribution is 7.91. The first-order valence-corrected chi connectivity index (χ1v) is 12.8. The van der Waals surface area contributed by atoms with Crippen molar-refractivity contribution in [3.63, 3.8) is 0 Å². The lowest BCUT2D eigenvalue weighted by Crippen LogP contribution is -2.53. The van der Waals surface area contributed by atoms with E-state index in [1.54, 1.807) is 26.8 Å². The Morgan fingerprint density at radius 3 is 2.50 bits per heavy atom. The maximum atomic E-state index is 13.4. The number of aliphatic hydroxyl groups is 1. The predicted octanol–water partition coefficient (Wildman–Crippen LogP) is 0.760. The fourth-order valence-electron chi connectivity index (χ4n) is 5.04. The van der Waals surface area contributed by atoms with Crippen LogP contribution in [-0.4, -0.2) is 92.2 Å². The van der Waals surface area contributed by atoms with Gasteiger partial charge in [-0.25, -0.2) is 0 Å². The van der Waals surface area contributed by atoms with E-state index in [-0.39, 0.29) is 30.0 Å². The molecule has 3 aliphatic rings. The zero-order valence-electron chi connectivity index (χ0n) is 18.2. The van der Waals surface area contributed by atoms with Crippen LogP contribution >= 0.6 is 0 Å². The van der Waals surface area contributed by atoms with Gasteiger partial charge >= 0.3 is 0 Å². The number of carbonyl (C=O) groups is 3. The van der Waals surface area contributed by atoms with Gasteiger partial charge in [0.2, 0.25) is 17.7 Å². The van der Waals surface area contributed by atoms with E-state index in [9.17, 15) is 24.0 Å². The van der Waals surface area contributed by atoms with Crippen LogP contribution in [0.15, 0.2) is 35.2 Å². The second-order valence-corrected chi connectivity index (χ2v) is 10.3. The number of benzene rings is 1. The fourth-order valence-corrected chi connectivity index (χ4v) is 6.22. The highest BCUT2D eigenvalue weighted by atomic mass is 32.2. The largest absolute Gasteiger partial charge is 0.611 e. The average Bonchev–Trinajstić information content (AvgIpc) is 3.55. The molecule has 3 heterocycles. The van der Waals surface area contributed by atoms with Crippen molar-refractivity contribution in [2.24, 2.45) is 0 Å². The number of carbonyl (C=O) groups excluding carboxylic acids is 3. The molecule has 1 N–H and O–H groups in total. The number of hydrogen-bond donors (Lipinski definition) is 1. The van der Waals surface area contributed by atoms with Gasteiger partial charge in [-0.15, -0.1) is 0 Å². The molecule has 3 saturated heterocycles. The summed E-state index contributed by atoms with van der Waals surface area (Å²) in [6.07, 6.45) is 3.12. The Morgan fingerprint density at radius 2 is 1.78 bits per heavy atom. The number of nitrogens with zero attached hydrogens (tertiary/aromatic N) is 3. The molecule has 3 aliphatic heterocycles. The number of hydrogen-bond acceptors (Lipinski definition) is 5. The Balaban J connectivity index is 1.38. The molecule has 3 amide bonds. The third kappa shape index (κ3) is 4.94. The van der Waals surface area contributed by atoms with E-state index in [0.29, 0.717) is 43.8 Å². The molecule has 0 aromatic heterocycles. The average molecular weight is 462 g/mol. The molecule has 1 aromatic carbocycles. The second kappa shape index (κ2) is 10.2. The van der Waals surface area contributed by atoms with Crippen LogP contribution in [0.2, 0.25) is 0 Å².